The Bertz CT molecular complexity index is 251. The lowest BCUT2D eigenvalue weighted by atomic mass is 10.2. The summed E-state index contributed by atoms with van der Waals surface area (Å²) in [5.41, 5.74) is 5.06. The largest absolute Gasteiger partial charge is 0.370 e. The summed E-state index contributed by atoms with van der Waals surface area (Å²) in [7, 11) is 0. The number of hydrogen-bond acceptors (Lipinski definition) is 3. The van der Waals surface area contributed by atoms with Crippen LogP contribution in [0, 0.1) is 0 Å². The summed E-state index contributed by atoms with van der Waals surface area (Å²) in [4.78, 5) is 22.2. The van der Waals surface area contributed by atoms with Crippen LogP contribution in [0.25, 0.3) is 0 Å². The van der Waals surface area contributed by atoms with Crippen LogP contribution in [0.2, 0.25) is 0 Å². The lowest BCUT2D eigenvalue weighted by Gasteiger charge is -2.18. The second kappa shape index (κ2) is 5.11. The van der Waals surface area contributed by atoms with E-state index in [2.05, 4.69) is 10.6 Å². The molecule has 2 atom stereocenters. The van der Waals surface area contributed by atoms with Crippen molar-refractivity contribution < 1.29 is 9.59 Å². The SMILES string of the molecule is CC(CC(N)=O)NC(C)C(=O)NC1CC1. The second-order valence-corrected chi connectivity index (χ2v) is 4.24. The number of carbonyl (C=O) groups excluding carboxylic acids is 2. The molecule has 0 saturated heterocycles. The summed E-state index contributed by atoms with van der Waals surface area (Å²) in [5.74, 6) is -0.362. The molecule has 1 fully saturated rings. The number of hydrogen-bond donors (Lipinski definition) is 3. The molecule has 4 N–H and O–H groups in total. The second-order valence-electron chi connectivity index (χ2n) is 4.24. The fourth-order valence-corrected chi connectivity index (χ4v) is 1.42. The molecule has 5 heteroatoms. The Hall–Kier alpha value is -1.10. The molecule has 5 nitrogen and oxygen atoms in total. The van der Waals surface area contributed by atoms with Crippen LogP contribution < -0.4 is 16.4 Å². The highest BCUT2D eigenvalue weighted by Gasteiger charge is 2.26. The predicted molar refractivity (Wildman–Crippen MR) is 57.0 cm³/mol. The molecular weight excluding hydrogens is 194 g/mol. The molecule has 0 aromatic heterocycles. The quantitative estimate of drug-likeness (QED) is 0.556. The lowest BCUT2D eigenvalue weighted by molar-refractivity contribution is -0.124. The fraction of sp³-hybridized carbons (Fsp3) is 0.800. The summed E-state index contributed by atoms with van der Waals surface area (Å²) in [5, 5.41) is 5.93. The van der Waals surface area contributed by atoms with Crippen LogP contribution >= 0.6 is 0 Å². The van der Waals surface area contributed by atoms with E-state index < -0.39 is 0 Å². The average molecular weight is 213 g/mol. The van der Waals surface area contributed by atoms with Crippen LogP contribution in [0.15, 0.2) is 0 Å². The van der Waals surface area contributed by atoms with E-state index in [4.69, 9.17) is 5.73 Å². The maximum atomic E-state index is 11.5. The molecule has 1 aliphatic rings. The highest BCUT2D eigenvalue weighted by Crippen LogP contribution is 2.18. The minimum Gasteiger partial charge on any atom is -0.370 e. The molecule has 0 aromatic carbocycles. The Balaban J connectivity index is 2.23. The predicted octanol–water partition coefficient (Wildman–Crippen LogP) is -0.493. The van der Waals surface area contributed by atoms with E-state index in [-0.39, 0.29) is 30.3 Å². The minimum absolute atomic E-state index is 0.00572. The van der Waals surface area contributed by atoms with Crippen LogP contribution in [-0.4, -0.2) is 29.9 Å². The first-order valence-corrected chi connectivity index (χ1v) is 5.33. The molecule has 1 rings (SSSR count). The Morgan fingerprint density at radius 3 is 2.47 bits per heavy atom. The standard InChI is InChI=1S/C10H19N3O2/c1-6(5-9(11)14)12-7(2)10(15)13-8-3-4-8/h6-8,12H,3-5H2,1-2H3,(H2,11,14)(H,13,15). The number of nitrogens with two attached hydrogens (primary N) is 1. The van der Waals surface area contributed by atoms with Gasteiger partial charge in [-0.05, 0) is 26.7 Å². The van der Waals surface area contributed by atoms with E-state index in [0.29, 0.717) is 6.04 Å². The highest BCUT2D eigenvalue weighted by atomic mass is 16.2. The lowest BCUT2D eigenvalue weighted by Crippen LogP contribution is -2.47. The summed E-state index contributed by atoms with van der Waals surface area (Å²) in [6.07, 6.45) is 2.41. The summed E-state index contributed by atoms with van der Waals surface area (Å²) in [6.45, 7) is 3.63. The van der Waals surface area contributed by atoms with Crippen molar-refractivity contribution in [2.75, 3.05) is 0 Å². The van der Waals surface area contributed by atoms with Gasteiger partial charge in [0.05, 0.1) is 6.04 Å². The van der Waals surface area contributed by atoms with Gasteiger partial charge in [-0.15, -0.1) is 0 Å². The third-order valence-electron chi connectivity index (χ3n) is 2.36. The molecule has 1 aliphatic carbocycles. The summed E-state index contributed by atoms with van der Waals surface area (Å²) in [6, 6.07) is 0.0237. The van der Waals surface area contributed by atoms with Crippen molar-refractivity contribution in [3.05, 3.63) is 0 Å². The zero-order valence-electron chi connectivity index (χ0n) is 9.25. The molecule has 0 heterocycles. The van der Waals surface area contributed by atoms with Gasteiger partial charge in [-0.25, -0.2) is 0 Å². The summed E-state index contributed by atoms with van der Waals surface area (Å²) >= 11 is 0. The van der Waals surface area contributed by atoms with Crippen molar-refractivity contribution in [1.82, 2.24) is 10.6 Å². The number of carbonyl (C=O) groups is 2. The van der Waals surface area contributed by atoms with Crippen molar-refractivity contribution in [2.45, 2.75) is 51.2 Å². The molecule has 86 valence electrons. The van der Waals surface area contributed by atoms with Gasteiger partial charge >= 0.3 is 0 Å². The van der Waals surface area contributed by atoms with E-state index in [9.17, 15) is 9.59 Å². The first-order chi connectivity index (χ1) is 6.99. The van der Waals surface area contributed by atoms with Crippen molar-refractivity contribution in [2.24, 2.45) is 5.73 Å². The van der Waals surface area contributed by atoms with Crippen molar-refractivity contribution >= 4 is 11.8 Å². The van der Waals surface area contributed by atoms with Gasteiger partial charge in [0.1, 0.15) is 0 Å². The van der Waals surface area contributed by atoms with Gasteiger partial charge in [0, 0.05) is 18.5 Å². The van der Waals surface area contributed by atoms with Crippen LogP contribution in [0.5, 0.6) is 0 Å². The molecule has 2 amide bonds. The Morgan fingerprint density at radius 1 is 1.40 bits per heavy atom. The number of nitrogens with one attached hydrogen (secondary N) is 2. The molecule has 1 saturated carbocycles. The first kappa shape index (κ1) is 12.0. The molecule has 0 bridgehead atoms. The zero-order chi connectivity index (χ0) is 11.4. The number of primary amides is 1. The first-order valence-electron chi connectivity index (χ1n) is 5.33. The van der Waals surface area contributed by atoms with Gasteiger partial charge in [-0.2, -0.15) is 0 Å². The van der Waals surface area contributed by atoms with Crippen LogP contribution in [0.3, 0.4) is 0 Å². The average Bonchev–Trinajstić information content (AvgIpc) is 2.86. The Labute approximate surface area is 89.8 Å². The smallest absolute Gasteiger partial charge is 0.237 e. The van der Waals surface area contributed by atoms with Gasteiger partial charge in [0.15, 0.2) is 0 Å². The van der Waals surface area contributed by atoms with Gasteiger partial charge in [0.25, 0.3) is 0 Å². The number of amides is 2. The van der Waals surface area contributed by atoms with Crippen molar-refractivity contribution in [3.8, 4) is 0 Å². The van der Waals surface area contributed by atoms with Gasteiger partial charge in [-0.1, -0.05) is 0 Å². The monoisotopic (exact) mass is 213 g/mol. The van der Waals surface area contributed by atoms with Gasteiger partial charge in [0.2, 0.25) is 11.8 Å². The minimum atomic E-state index is -0.357. The maximum absolute atomic E-state index is 11.5. The molecule has 15 heavy (non-hydrogen) atoms. The molecule has 0 aromatic rings. The van der Waals surface area contributed by atoms with Crippen LogP contribution in [-0.2, 0) is 9.59 Å². The zero-order valence-corrected chi connectivity index (χ0v) is 9.25. The van der Waals surface area contributed by atoms with E-state index in [1.807, 2.05) is 6.92 Å². The summed E-state index contributed by atoms with van der Waals surface area (Å²) < 4.78 is 0. The molecule has 0 radical (unpaired) electrons. The third kappa shape index (κ3) is 4.78. The number of rotatable bonds is 6. The molecule has 2 unspecified atom stereocenters. The highest BCUT2D eigenvalue weighted by molar-refractivity contribution is 5.82. The van der Waals surface area contributed by atoms with Crippen LogP contribution in [0.4, 0.5) is 0 Å². The van der Waals surface area contributed by atoms with Gasteiger partial charge in [-0.3, -0.25) is 9.59 Å². The Morgan fingerprint density at radius 2 is 2.00 bits per heavy atom. The van der Waals surface area contributed by atoms with Gasteiger partial charge < -0.3 is 16.4 Å². The maximum Gasteiger partial charge on any atom is 0.237 e. The van der Waals surface area contributed by atoms with E-state index in [0.717, 1.165) is 12.8 Å². The third-order valence-corrected chi connectivity index (χ3v) is 2.36. The Kier molecular flexibility index (Phi) is 4.08. The van der Waals surface area contributed by atoms with Crippen LogP contribution in [0.1, 0.15) is 33.1 Å². The molecule has 0 spiro atoms. The van der Waals surface area contributed by atoms with E-state index >= 15 is 0 Å². The molecular formula is C10H19N3O2. The fourth-order valence-electron chi connectivity index (χ4n) is 1.42. The normalized spacial score (nSPS) is 19.3. The van der Waals surface area contributed by atoms with Crippen molar-refractivity contribution in [3.63, 3.8) is 0 Å². The van der Waals surface area contributed by atoms with Crippen molar-refractivity contribution in [1.29, 1.82) is 0 Å². The topological polar surface area (TPSA) is 84.2 Å². The molecule has 0 aliphatic heterocycles. The van der Waals surface area contributed by atoms with E-state index in [1.165, 1.54) is 0 Å². The van der Waals surface area contributed by atoms with E-state index in [1.54, 1.807) is 6.92 Å².